The maximum Gasteiger partial charge on any atom is 0.255 e. The predicted octanol–water partition coefficient (Wildman–Crippen LogP) is 2.61. The second kappa shape index (κ2) is 7.08. The van der Waals surface area contributed by atoms with Crippen molar-refractivity contribution in [1.29, 1.82) is 0 Å². The van der Waals surface area contributed by atoms with Crippen LogP contribution in [0.5, 0.6) is 5.75 Å². The summed E-state index contributed by atoms with van der Waals surface area (Å²) in [6.45, 7) is 0.369. The van der Waals surface area contributed by atoms with E-state index in [1.807, 2.05) is 36.4 Å². The molecule has 0 bridgehead atoms. The molecule has 0 radical (unpaired) electrons. The van der Waals surface area contributed by atoms with Gasteiger partial charge in [0, 0.05) is 28.3 Å². The van der Waals surface area contributed by atoms with Crippen molar-refractivity contribution in [3.05, 3.63) is 53.6 Å². The Bertz CT molecular complexity index is 943. The smallest absolute Gasteiger partial charge is 0.255 e. The van der Waals surface area contributed by atoms with Crippen LogP contribution in [0.3, 0.4) is 0 Å². The van der Waals surface area contributed by atoms with Gasteiger partial charge >= 0.3 is 0 Å². The topological polar surface area (TPSA) is 75.7 Å². The number of nitrogens with zero attached hydrogens (tertiary/aromatic N) is 1. The van der Waals surface area contributed by atoms with Crippen molar-refractivity contribution in [3.63, 3.8) is 0 Å². The Morgan fingerprint density at radius 2 is 1.96 bits per heavy atom. The Morgan fingerprint density at radius 1 is 1.15 bits per heavy atom. The summed E-state index contributed by atoms with van der Waals surface area (Å²) < 4.78 is 5.27. The van der Waals surface area contributed by atoms with E-state index in [0.29, 0.717) is 18.5 Å². The predicted molar refractivity (Wildman–Crippen MR) is 99.6 cm³/mol. The minimum absolute atomic E-state index is 0.160. The number of rotatable bonds is 4. The number of carbonyl (C=O) groups excluding carboxylic acids is 3. The molecule has 6 nitrogen and oxygen atoms in total. The molecule has 2 aromatic rings. The number of benzene rings is 2. The zero-order valence-electron chi connectivity index (χ0n) is 14.7. The first kappa shape index (κ1) is 17.6. The van der Waals surface area contributed by atoms with Crippen molar-refractivity contribution in [2.45, 2.75) is 35.2 Å². The third kappa shape index (κ3) is 3.30. The minimum Gasteiger partial charge on any atom is -0.497 e. The van der Waals surface area contributed by atoms with Gasteiger partial charge in [-0.2, -0.15) is 0 Å². The number of carbonyl (C=O) groups is 3. The molecule has 0 aliphatic carbocycles. The van der Waals surface area contributed by atoms with Crippen molar-refractivity contribution in [2.75, 3.05) is 7.11 Å². The SMILES string of the molecule is COc1cccc(Sc2cccc3c2CN(C2CCC(=O)NC2=O)C3=O)c1. The van der Waals surface area contributed by atoms with Crippen molar-refractivity contribution < 1.29 is 19.1 Å². The standard InChI is InChI=1S/C20H18N2O4S/c1-26-12-4-2-5-13(10-12)27-17-7-3-6-14-15(17)11-22(20(14)25)16-8-9-18(23)21-19(16)24/h2-7,10,16H,8-9,11H2,1H3,(H,21,23,24). The minimum atomic E-state index is -0.600. The fourth-order valence-corrected chi connectivity index (χ4v) is 4.46. The molecule has 138 valence electrons. The second-order valence-corrected chi connectivity index (χ2v) is 7.58. The molecule has 7 heteroatoms. The Balaban J connectivity index is 1.61. The van der Waals surface area contributed by atoms with Crippen LogP contribution in [0.15, 0.2) is 52.3 Å². The number of nitrogens with one attached hydrogen (secondary N) is 1. The molecular formula is C20H18N2O4S. The molecule has 0 saturated carbocycles. The summed E-state index contributed by atoms with van der Waals surface area (Å²) in [5.74, 6) is -0.0644. The average molecular weight is 382 g/mol. The summed E-state index contributed by atoms with van der Waals surface area (Å²) in [6, 6.07) is 12.8. The summed E-state index contributed by atoms with van der Waals surface area (Å²) in [5.41, 5.74) is 1.53. The van der Waals surface area contributed by atoms with Crippen molar-refractivity contribution in [1.82, 2.24) is 10.2 Å². The first-order valence-corrected chi connectivity index (χ1v) is 9.47. The molecule has 1 unspecified atom stereocenters. The molecule has 2 aliphatic heterocycles. The molecule has 1 atom stereocenters. The van der Waals surface area contributed by atoms with Crippen LogP contribution in [0.2, 0.25) is 0 Å². The van der Waals surface area contributed by atoms with Crippen LogP contribution >= 0.6 is 11.8 Å². The van der Waals surface area contributed by atoms with Gasteiger partial charge in [-0.3, -0.25) is 19.7 Å². The molecule has 2 aromatic carbocycles. The largest absolute Gasteiger partial charge is 0.497 e. The van der Waals surface area contributed by atoms with E-state index in [1.165, 1.54) is 0 Å². The number of methoxy groups -OCH3 is 1. The average Bonchev–Trinajstić information content (AvgIpc) is 3.00. The van der Waals surface area contributed by atoms with E-state index in [-0.39, 0.29) is 18.2 Å². The van der Waals surface area contributed by atoms with E-state index >= 15 is 0 Å². The summed E-state index contributed by atoms with van der Waals surface area (Å²) in [5, 5.41) is 2.33. The zero-order valence-corrected chi connectivity index (χ0v) is 15.5. The van der Waals surface area contributed by atoms with Gasteiger partial charge in [-0.15, -0.1) is 0 Å². The van der Waals surface area contributed by atoms with Gasteiger partial charge in [0.15, 0.2) is 0 Å². The lowest BCUT2D eigenvalue weighted by molar-refractivity contribution is -0.136. The molecule has 0 spiro atoms. The molecular weight excluding hydrogens is 364 g/mol. The van der Waals surface area contributed by atoms with Crippen LogP contribution in [0.1, 0.15) is 28.8 Å². The summed E-state index contributed by atoms with van der Waals surface area (Å²) in [6.07, 6.45) is 0.616. The molecule has 4 rings (SSSR count). The summed E-state index contributed by atoms with van der Waals surface area (Å²) >= 11 is 1.56. The summed E-state index contributed by atoms with van der Waals surface area (Å²) in [4.78, 5) is 40.0. The van der Waals surface area contributed by atoms with Gasteiger partial charge in [0.05, 0.1) is 7.11 Å². The van der Waals surface area contributed by atoms with Gasteiger partial charge in [-0.05, 0) is 42.3 Å². The molecule has 3 amide bonds. The Hall–Kier alpha value is -2.80. The molecule has 1 saturated heterocycles. The Kier molecular flexibility index (Phi) is 4.61. The van der Waals surface area contributed by atoms with Gasteiger partial charge in [-0.1, -0.05) is 23.9 Å². The number of amides is 3. The van der Waals surface area contributed by atoms with Gasteiger partial charge < -0.3 is 9.64 Å². The first-order chi connectivity index (χ1) is 13.1. The number of ether oxygens (including phenoxy) is 1. The molecule has 1 fully saturated rings. The Labute approximate surface area is 160 Å². The first-order valence-electron chi connectivity index (χ1n) is 8.65. The molecule has 2 aliphatic rings. The van der Waals surface area contributed by atoms with E-state index in [0.717, 1.165) is 21.1 Å². The lowest BCUT2D eigenvalue weighted by Crippen LogP contribution is -2.52. The third-order valence-corrected chi connectivity index (χ3v) is 5.90. The fourth-order valence-electron chi connectivity index (χ4n) is 3.44. The van der Waals surface area contributed by atoms with E-state index in [4.69, 9.17) is 4.74 Å². The van der Waals surface area contributed by atoms with Crippen molar-refractivity contribution in [2.24, 2.45) is 0 Å². The van der Waals surface area contributed by atoms with Crippen LogP contribution in [-0.4, -0.2) is 35.8 Å². The Morgan fingerprint density at radius 3 is 2.74 bits per heavy atom. The van der Waals surface area contributed by atoms with Gasteiger partial charge in [0.1, 0.15) is 11.8 Å². The fraction of sp³-hybridized carbons (Fsp3) is 0.250. The van der Waals surface area contributed by atoms with Gasteiger partial charge in [0.2, 0.25) is 11.8 Å². The van der Waals surface area contributed by atoms with E-state index in [2.05, 4.69) is 5.32 Å². The normalized spacial score (nSPS) is 19.1. The molecule has 27 heavy (non-hydrogen) atoms. The highest BCUT2D eigenvalue weighted by Gasteiger charge is 2.39. The maximum atomic E-state index is 12.9. The molecule has 2 heterocycles. The lowest BCUT2D eigenvalue weighted by Gasteiger charge is -2.29. The second-order valence-electron chi connectivity index (χ2n) is 6.46. The maximum absolute atomic E-state index is 12.9. The van der Waals surface area contributed by atoms with Crippen molar-refractivity contribution >= 4 is 29.5 Å². The van der Waals surface area contributed by atoms with Crippen molar-refractivity contribution in [3.8, 4) is 5.75 Å². The summed E-state index contributed by atoms with van der Waals surface area (Å²) in [7, 11) is 1.63. The van der Waals surface area contributed by atoms with Crippen LogP contribution < -0.4 is 10.1 Å². The van der Waals surface area contributed by atoms with Gasteiger partial charge in [0.25, 0.3) is 5.91 Å². The van der Waals surface area contributed by atoms with Crippen LogP contribution in [-0.2, 0) is 16.1 Å². The number of fused-ring (bicyclic) bond motifs is 1. The molecule has 1 N–H and O–H groups in total. The number of hydrogen-bond donors (Lipinski definition) is 1. The van der Waals surface area contributed by atoms with Crippen LogP contribution in [0.4, 0.5) is 0 Å². The number of hydrogen-bond acceptors (Lipinski definition) is 5. The highest BCUT2D eigenvalue weighted by atomic mass is 32.2. The van der Waals surface area contributed by atoms with Crippen LogP contribution in [0, 0.1) is 0 Å². The lowest BCUT2D eigenvalue weighted by atomic mass is 10.0. The van der Waals surface area contributed by atoms with E-state index < -0.39 is 11.9 Å². The zero-order chi connectivity index (χ0) is 19.0. The highest BCUT2D eigenvalue weighted by molar-refractivity contribution is 7.99. The van der Waals surface area contributed by atoms with Gasteiger partial charge in [-0.25, -0.2) is 0 Å². The van der Waals surface area contributed by atoms with Crippen LogP contribution in [0.25, 0.3) is 0 Å². The molecule has 0 aromatic heterocycles. The quantitative estimate of drug-likeness (QED) is 0.823. The van der Waals surface area contributed by atoms with E-state index in [1.54, 1.807) is 29.8 Å². The number of imide groups is 1. The highest BCUT2D eigenvalue weighted by Crippen LogP contribution is 2.38. The number of piperidine rings is 1. The monoisotopic (exact) mass is 382 g/mol. The van der Waals surface area contributed by atoms with E-state index in [9.17, 15) is 14.4 Å². The third-order valence-electron chi connectivity index (χ3n) is 4.81.